The first-order valence-electron chi connectivity index (χ1n) is 4.63. The number of ketones is 2. The summed E-state index contributed by atoms with van der Waals surface area (Å²) in [6.45, 7) is 1.29. The Labute approximate surface area is 95.1 Å². The van der Waals surface area contributed by atoms with Crippen LogP contribution in [0.4, 0.5) is 0 Å². The number of carbonyl (C=O) groups is 2. The zero-order chi connectivity index (χ0) is 12.9. The first-order chi connectivity index (χ1) is 7.86. The third-order valence-corrected chi connectivity index (χ3v) is 2.63. The van der Waals surface area contributed by atoms with Gasteiger partial charge in [0.15, 0.2) is 11.5 Å². The molecule has 0 saturated carbocycles. The summed E-state index contributed by atoms with van der Waals surface area (Å²) < 4.78 is 0. The van der Waals surface area contributed by atoms with Gasteiger partial charge >= 0.3 is 0 Å². The van der Waals surface area contributed by atoms with E-state index in [-0.39, 0.29) is 11.1 Å². The smallest absolute Gasteiger partial charge is 0.237 e. The highest BCUT2D eigenvalue weighted by Gasteiger charge is 2.34. The van der Waals surface area contributed by atoms with Crippen LogP contribution < -0.4 is 0 Å². The van der Waals surface area contributed by atoms with Crippen LogP contribution in [-0.4, -0.2) is 32.0 Å². The van der Waals surface area contributed by atoms with Crippen molar-refractivity contribution in [2.75, 3.05) is 0 Å². The van der Waals surface area contributed by atoms with Crippen LogP contribution in [0.1, 0.15) is 21.5 Å². The van der Waals surface area contributed by atoms with Crippen LogP contribution in [0.3, 0.4) is 0 Å². The van der Waals surface area contributed by atoms with Crippen molar-refractivity contribution < 1.29 is 30.0 Å². The molecule has 1 aromatic carbocycles. The predicted octanol–water partition coefficient (Wildman–Crippen LogP) is 0.776. The molecular formula is C11H8O6. The van der Waals surface area contributed by atoms with E-state index < -0.39 is 40.1 Å². The number of aromatic hydroxyl groups is 3. The van der Waals surface area contributed by atoms with E-state index in [1.807, 2.05) is 0 Å². The standard InChI is InChI=1S/C11H8O6/c1-3-8(14)6-4(12)2-5(13)10(16)7(6)11(17)9(3)15/h2,12,14-15,17H,1H3. The second-order valence-electron chi connectivity index (χ2n) is 3.64. The van der Waals surface area contributed by atoms with Crippen molar-refractivity contribution in [1.29, 1.82) is 0 Å². The average molecular weight is 236 g/mol. The number of aliphatic hydroxyl groups excluding tert-OH is 1. The molecule has 1 aliphatic rings. The van der Waals surface area contributed by atoms with Gasteiger partial charge in [0.05, 0.1) is 11.1 Å². The highest BCUT2D eigenvalue weighted by Crippen LogP contribution is 2.45. The van der Waals surface area contributed by atoms with Crippen molar-refractivity contribution >= 4 is 17.3 Å². The zero-order valence-electron chi connectivity index (χ0n) is 8.68. The molecule has 88 valence electrons. The first-order valence-corrected chi connectivity index (χ1v) is 4.63. The molecule has 0 bridgehead atoms. The van der Waals surface area contributed by atoms with Gasteiger partial charge < -0.3 is 20.4 Å². The van der Waals surface area contributed by atoms with Crippen LogP contribution in [0, 0.1) is 6.92 Å². The van der Waals surface area contributed by atoms with Gasteiger partial charge in [-0.25, -0.2) is 0 Å². The molecule has 2 rings (SSSR count). The second kappa shape index (κ2) is 3.24. The van der Waals surface area contributed by atoms with E-state index in [2.05, 4.69) is 0 Å². The number of fused-ring (bicyclic) bond motifs is 1. The summed E-state index contributed by atoms with van der Waals surface area (Å²) in [5, 5.41) is 38.2. The number of allylic oxidation sites excluding steroid dienone is 1. The molecule has 0 radical (unpaired) electrons. The molecule has 4 N–H and O–H groups in total. The summed E-state index contributed by atoms with van der Waals surface area (Å²) in [5.41, 5.74) is -1.03. The Morgan fingerprint density at radius 1 is 0.882 bits per heavy atom. The Balaban J connectivity index is 2.96. The van der Waals surface area contributed by atoms with Crippen LogP contribution in [-0.2, 0) is 4.79 Å². The quantitative estimate of drug-likeness (QED) is 0.300. The molecule has 0 spiro atoms. The van der Waals surface area contributed by atoms with Gasteiger partial charge in [-0.2, -0.15) is 0 Å². The minimum absolute atomic E-state index is 0.0941. The maximum atomic E-state index is 11.5. The summed E-state index contributed by atoms with van der Waals surface area (Å²) in [5.74, 6) is -4.83. The third kappa shape index (κ3) is 1.27. The van der Waals surface area contributed by atoms with Crippen molar-refractivity contribution in [2.45, 2.75) is 6.92 Å². The second-order valence-corrected chi connectivity index (χ2v) is 3.64. The summed E-state index contributed by atoms with van der Waals surface area (Å²) in [4.78, 5) is 22.7. The zero-order valence-corrected chi connectivity index (χ0v) is 8.68. The van der Waals surface area contributed by atoms with E-state index >= 15 is 0 Å². The van der Waals surface area contributed by atoms with Crippen LogP contribution in [0.15, 0.2) is 6.08 Å². The van der Waals surface area contributed by atoms with Gasteiger partial charge in [-0.3, -0.25) is 9.59 Å². The number of carbonyl (C=O) groups excluding carboxylic acids is 2. The summed E-state index contributed by atoms with van der Waals surface area (Å²) in [6.07, 6.45) is 0.653. The molecule has 0 heterocycles. The van der Waals surface area contributed by atoms with E-state index in [9.17, 15) is 30.0 Å². The number of phenols is 3. The largest absolute Gasteiger partial charge is 0.507 e. The molecule has 0 unspecified atom stereocenters. The van der Waals surface area contributed by atoms with Crippen LogP contribution in [0.5, 0.6) is 17.2 Å². The lowest BCUT2D eigenvalue weighted by Crippen LogP contribution is -2.19. The lowest BCUT2D eigenvalue weighted by Gasteiger charge is -2.17. The molecule has 0 aromatic heterocycles. The van der Waals surface area contributed by atoms with E-state index in [0.717, 1.165) is 0 Å². The van der Waals surface area contributed by atoms with Gasteiger partial charge in [-0.1, -0.05) is 0 Å². The summed E-state index contributed by atoms with van der Waals surface area (Å²) >= 11 is 0. The van der Waals surface area contributed by atoms with Gasteiger partial charge in [0, 0.05) is 11.6 Å². The number of hydrogen-bond acceptors (Lipinski definition) is 6. The highest BCUT2D eigenvalue weighted by molar-refractivity contribution is 6.51. The topological polar surface area (TPSA) is 115 Å². The fourth-order valence-corrected chi connectivity index (χ4v) is 1.69. The van der Waals surface area contributed by atoms with E-state index in [1.54, 1.807) is 0 Å². The van der Waals surface area contributed by atoms with E-state index in [1.165, 1.54) is 6.92 Å². The molecule has 0 saturated heterocycles. The molecule has 0 atom stereocenters. The molecule has 0 fully saturated rings. The summed E-state index contributed by atoms with van der Waals surface area (Å²) in [7, 11) is 0. The molecule has 0 aliphatic heterocycles. The maximum absolute atomic E-state index is 11.5. The van der Waals surface area contributed by atoms with E-state index in [0.29, 0.717) is 6.08 Å². The Hall–Kier alpha value is -2.50. The number of benzene rings is 1. The van der Waals surface area contributed by atoms with Crippen LogP contribution in [0.25, 0.3) is 5.76 Å². The number of hydrogen-bond donors (Lipinski definition) is 4. The summed E-state index contributed by atoms with van der Waals surface area (Å²) in [6, 6.07) is 0. The third-order valence-electron chi connectivity index (χ3n) is 2.63. The molecule has 1 aliphatic carbocycles. The lowest BCUT2D eigenvalue weighted by atomic mass is 9.90. The Kier molecular flexibility index (Phi) is 2.10. The SMILES string of the molecule is Cc1c(O)c(O)c2c(c1O)C(O)=CC(=O)C2=O. The minimum atomic E-state index is -1.10. The van der Waals surface area contributed by atoms with Gasteiger partial charge in [0.25, 0.3) is 0 Å². The van der Waals surface area contributed by atoms with Gasteiger partial charge in [-0.05, 0) is 6.92 Å². The maximum Gasteiger partial charge on any atom is 0.237 e. The molecular weight excluding hydrogens is 228 g/mol. The highest BCUT2D eigenvalue weighted by atomic mass is 16.3. The minimum Gasteiger partial charge on any atom is -0.507 e. The van der Waals surface area contributed by atoms with Crippen LogP contribution >= 0.6 is 0 Å². The first kappa shape index (κ1) is 11.0. The number of aliphatic hydroxyl groups is 1. The molecule has 1 aromatic rings. The van der Waals surface area contributed by atoms with Crippen molar-refractivity contribution in [3.63, 3.8) is 0 Å². The van der Waals surface area contributed by atoms with Crippen molar-refractivity contribution in [2.24, 2.45) is 0 Å². The average Bonchev–Trinajstić information content (AvgIpc) is 2.28. The Morgan fingerprint density at radius 3 is 2.06 bits per heavy atom. The van der Waals surface area contributed by atoms with Gasteiger partial charge in [-0.15, -0.1) is 0 Å². The number of Topliss-reactive ketones (excluding diaryl/α,β-unsaturated/α-hetero) is 1. The Bertz CT molecular complexity index is 597. The number of phenolic OH excluding ortho intramolecular Hbond substituents is 3. The molecule has 6 heteroatoms. The molecule has 17 heavy (non-hydrogen) atoms. The predicted molar refractivity (Wildman–Crippen MR) is 56.1 cm³/mol. The van der Waals surface area contributed by atoms with Crippen molar-refractivity contribution in [3.8, 4) is 17.2 Å². The lowest BCUT2D eigenvalue weighted by molar-refractivity contribution is -0.111. The van der Waals surface area contributed by atoms with Gasteiger partial charge in [0.1, 0.15) is 11.5 Å². The van der Waals surface area contributed by atoms with Crippen molar-refractivity contribution in [3.05, 3.63) is 22.8 Å². The normalized spacial score (nSPS) is 14.5. The van der Waals surface area contributed by atoms with E-state index in [4.69, 9.17) is 0 Å². The van der Waals surface area contributed by atoms with Crippen LogP contribution in [0.2, 0.25) is 0 Å². The monoisotopic (exact) mass is 236 g/mol. The molecule has 0 amide bonds. The van der Waals surface area contributed by atoms with Gasteiger partial charge in [0.2, 0.25) is 11.6 Å². The number of rotatable bonds is 0. The van der Waals surface area contributed by atoms with Crippen molar-refractivity contribution in [1.82, 2.24) is 0 Å². The fourth-order valence-electron chi connectivity index (χ4n) is 1.69. The fraction of sp³-hybridized carbons (Fsp3) is 0.0909. The Morgan fingerprint density at radius 2 is 1.47 bits per heavy atom. The molecule has 6 nitrogen and oxygen atoms in total.